The van der Waals surface area contributed by atoms with Gasteiger partial charge in [0.2, 0.25) is 0 Å². The van der Waals surface area contributed by atoms with E-state index in [1.54, 1.807) is 25.5 Å². The highest BCUT2D eigenvalue weighted by atomic mass is 16.5. The second-order valence-electron chi connectivity index (χ2n) is 7.88. The number of carbonyl (C=O) groups is 3. The number of esters is 2. The zero-order valence-electron chi connectivity index (χ0n) is 20.0. The molecule has 0 bridgehead atoms. The van der Waals surface area contributed by atoms with Gasteiger partial charge in [0, 0.05) is 12.1 Å². The Bertz CT molecular complexity index is 1250. The lowest BCUT2D eigenvalue weighted by molar-refractivity contribution is -0.131. The molecule has 0 spiro atoms. The van der Waals surface area contributed by atoms with Crippen LogP contribution in [-0.2, 0) is 14.3 Å². The molecule has 10 heteroatoms. The number of benzene rings is 2. The SMILES string of the molecule is COC(=O)c1cc(NCC(=O)N2N=C(c3ccc(OC)cc3)C[C@@H]2c2ccco2)cc(C(=O)OC)c1. The van der Waals surface area contributed by atoms with Gasteiger partial charge >= 0.3 is 11.9 Å². The number of rotatable bonds is 8. The van der Waals surface area contributed by atoms with Crippen molar-refractivity contribution in [2.24, 2.45) is 5.10 Å². The van der Waals surface area contributed by atoms with E-state index in [0.717, 1.165) is 17.0 Å². The summed E-state index contributed by atoms with van der Waals surface area (Å²) in [6.07, 6.45) is 2.02. The van der Waals surface area contributed by atoms with Crippen LogP contribution < -0.4 is 10.1 Å². The van der Waals surface area contributed by atoms with Crippen molar-refractivity contribution in [2.45, 2.75) is 12.5 Å². The number of hydrogen-bond acceptors (Lipinski definition) is 9. The van der Waals surface area contributed by atoms with E-state index in [9.17, 15) is 14.4 Å². The van der Waals surface area contributed by atoms with Crippen LogP contribution in [0.5, 0.6) is 5.75 Å². The number of carbonyl (C=O) groups excluding carboxylic acids is 3. The Morgan fingerprint density at radius 1 is 1.00 bits per heavy atom. The summed E-state index contributed by atoms with van der Waals surface area (Å²) in [6, 6.07) is 14.9. The second-order valence-corrected chi connectivity index (χ2v) is 7.88. The Morgan fingerprint density at radius 2 is 1.67 bits per heavy atom. The van der Waals surface area contributed by atoms with Crippen LogP contribution in [0, 0.1) is 0 Å². The normalized spacial score (nSPS) is 14.7. The molecule has 0 saturated carbocycles. The average molecular weight is 492 g/mol. The summed E-state index contributed by atoms with van der Waals surface area (Å²) in [4.78, 5) is 37.4. The molecule has 0 radical (unpaired) electrons. The highest BCUT2D eigenvalue weighted by Gasteiger charge is 2.34. The number of amides is 1. The Hall–Kier alpha value is -4.60. The average Bonchev–Trinajstić information content (AvgIpc) is 3.61. The highest BCUT2D eigenvalue weighted by molar-refractivity contribution is 6.03. The zero-order valence-corrected chi connectivity index (χ0v) is 20.0. The summed E-state index contributed by atoms with van der Waals surface area (Å²) < 4.78 is 20.3. The molecule has 1 aliphatic rings. The first-order chi connectivity index (χ1) is 17.4. The van der Waals surface area contributed by atoms with E-state index >= 15 is 0 Å². The maximum absolute atomic E-state index is 13.3. The van der Waals surface area contributed by atoms with Gasteiger partial charge in [0.1, 0.15) is 17.6 Å². The fourth-order valence-corrected chi connectivity index (χ4v) is 3.86. The molecule has 1 aromatic heterocycles. The number of methoxy groups -OCH3 is 3. The molecule has 4 rings (SSSR count). The number of hydrogen-bond donors (Lipinski definition) is 1. The molecule has 1 N–H and O–H groups in total. The molecule has 2 heterocycles. The van der Waals surface area contributed by atoms with Gasteiger partial charge in [-0.2, -0.15) is 5.10 Å². The smallest absolute Gasteiger partial charge is 0.337 e. The van der Waals surface area contributed by atoms with Gasteiger partial charge in [-0.15, -0.1) is 0 Å². The summed E-state index contributed by atoms with van der Waals surface area (Å²) in [5.74, 6) is -0.251. The van der Waals surface area contributed by atoms with Crippen LogP contribution in [0.3, 0.4) is 0 Å². The van der Waals surface area contributed by atoms with Gasteiger partial charge in [-0.05, 0) is 60.2 Å². The van der Waals surface area contributed by atoms with Gasteiger partial charge < -0.3 is 23.9 Å². The summed E-state index contributed by atoms with van der Waals surface area (Å²) in [5, 5.41) is 8.95. The molecule has 0 unspecified atom stereocenters. The van der Waals surface area contributed by atoms with Crippen LogP contribution in [0.25, 0.3) is 0 Å². The number of hydrazone groups is 1. The van der Waals surface area contributed by atoms with Gasteiger partial charge in [0.25, 0.3) is 5.91 Å². The van der Waals surface area contributed by atoms with E-state index in [1.165, 1.54) is 37.4 Å². The van der Waals surface area contributed by atoms with Crippen molar-refractivity contribution in [3.05, 3.63) is 83.3 Å². The largest absolute Gasteiger partial charge is 0.497 e. The van der Waals surface area contributed by atoms with Crippen molar-refractivity contribution in [3.8, 4) is 5.75 Å². The minimum atomic E-state index is -0.624. The molecule has 2 aromatic carbocycles. The number of nitrogens with one attached hydrogen (secondary N) is 1. The van der Waals surface area contributed by atoms with Crippen molar-refractivity contribution in [1.29, 1.82) is 0 Å². The fourth-order valence-electron chi connectivity index (χ4n) is 3.86. The van der Waals surface area contributed by atoms with Crippen molar-refractivity contribution in [2.75, 3.05) is 33.2 Å². The molecule has 0 fully saturated rings. The van der Waals surface area contributed by atoms with Crippen molar-refractivity contribution >= 4 is 29.2 Å². The fraction of sp³-hybridized carbons (Fsp3) is 0.231. The number of ether oxygens (including phenoxy) is 3. The lowest BCUT2D eigenvalue weighted by Gasteiger charge is -2.20. The van der Waals surface area contributed by atoms with E-state index in [0.29, 0.717) is 17.9 Å². The van der Waals surface area contributed by atoms with Crippen molar-refractivity contribution in [1.82, 2.24) is 5.01 Å². The third-order valence-corrected chi connectivity index (χ3v) is 5.68. The van der Waals surface area contributed by atoms with Crippen LogP contribution in [0.2, 0.25) is 0 Å². The summed E-state index contributed by atoms with van der Waals surface area (Å²) in [6.45, 7) is -0.151. The minimum Gasteiger partial charge on any atom is -0.497 e. The highest BCUT2D eigenvalue weighted by Crippen LogP contribution is 2.33. The van der Waals surface area contributed by atoms with E-state index in [1.807, 2.05) is 24.3 Å². The molecular formula is C26H25N3O7. The molecule has 10 nitrogen and oxygen atoms in total. The Balaban J connectivity index is 1.56. The lowest BCUT2D eigenvalue weighted by atomic mass is 10.0. The Labute approximate surface area is 207 Å². The summed E-state index contributed by atoms with van der Waals surface area (Å²) in [5.41, 5.74) is 2.26. The first-order valence-electron chi connectivity index (χ1n) is 11.1. The van der Waals surface area contributed by atoms with E-state index < -0.39 is 18.0 Å². The summed E-state index contributed by atoms with van der Waals surface area (Å²) in [7, 11) is 4.08. The van der Waals surface area contributed by atoms with Gasteiger partial charge in [0.05, 0.1) is 51.0 Å². The molecule has 0 saturated heterocycles. The number of nitrogens with zero attached hydrogens (tertiary/aromatic N) is 2. The first kappa shape index (κ1) is 24.5. The molecule has 1 amide bonds. The predicted octanol–water partition coefficient (Wildman–Crippen LogP) is 3.65. The van der Waals surface area contributed by atoms with Crippen LogP contribution in [-0.4, -0.2) is 56.4 Å². The third kappa shape index (κ3) is 5.22. The quantitative estimate of drug-likeness (QED) is 0.474. The summed E-state index contributed by atoms with van der Waals surface area (Å²) >= 11 is 0. The van der Waals surface area contributed by atoms with Gasteiger partial charge in [-0.3, -0.25) is 4.79 Å². The van der Waals surface area contributed by atoms with Gasteiger partial charge in [-0.1, -0.05) is 0 Å². The maximum atomic E-state index is 13.3. The second kappa shape index (κ2) is 10.8. The molecule has 0 aliphatic carbocycles. The minimum absolute atomic E-state index is 0.143. The van der Waals surface area contributed by atoms with E-state index in [4.69, 9.17) is 18.6 Å². The van der Waals surface area contributed by atoms with Crippen LogP contribution in [0.4, 0.5) is 5.69 Å². The Morgan fingerprint density at radius 3 is 2.22 bits per heavy atom. The zero-order chi connectivity index (χ0) is 25.7. The molecule has 3 aromatic rings. The molecule has 186 valence electrons. The molecular weight excluding hydrogens is 466 g/mol. The van der Waals surface area contributed by atoms with Gasteiger partial charge in [0.15, 0.2) is 0 Å². The number of furan rings is 1. The van der Waals surface area contributed by atoms with E-state index in [2.05, 4.69) is 10.4 Å². The Kier molecular flexibility index (Phi) is 7.33. The molecule has 1 atom stereocenters. The standard InChI is InChI=1S/C26H25N3O7/c1-33-20-8-6-16(7-9-20)21-14-22(23-5-4-10-36-23)29(28-21)24(30)15-27-19-12-17(25(31)34-2)11-18(13-19)26(32)35-3/h4-13,22,27H,14-15H2,1-3H3/t22-/m1/s1. The van der Waals surface area contributed by atoms with Crippen LogP contribution in [0.15, 0.2) is 70.4 Å². The third-order valence-electron chi connectivity index (χ3n) is 5.68. The van der Waals surface area contributed by atoms with Crippen molar-refractivity contribution < 1.29 is 33.0 Å². The maximum Gasteiger partial charge on any atom is 0.337 e. The predicted molar refractivity (Wildman–Crippen MR) is 130 cm³/mol. The first-order valence-corrected chi connectivity index (χ1v) is 11.1. The van der Waals surface area contributed by atoms with Crippen LogP contribution in [0.1, 0.15) is 44.5 Å². The lowest BCUT2D eigenvalue weighted by Crippen LogP contribution is -2.32. The van der Waals surface area contributed by atoms with Gasteiger partial charge in [-0.25, -0.2) is 14.6 Å². The van der Waals surface area contributed by atoms with Crippen LogP contribution >= 0.6 is 0 Å². The van der Waals surface area contributed by atoms with Crippen molar-refractivity contribution in [3.63, 3.8) is 0 Å². The topological polar surface area (TPSA) is 120 Å². The molecule has 36 heavy (non-hydrogen) atoms. The molecule has 1 aliphatic heterocycles. The number of anilines is 1. The monoisotopic (exact) mass is 491 g/mol. The van der Waals surface area contributed by atoms with E-state index in [-0.39, 0.29) is 23.6 Å².